The highest BCUT2D eigenvalue weighted by Crippen LogP contribution is 2.19. The molecular weight excluding hydrogens is 164 g/mol. The summed E-state index contributed by atoms with van der Waals surface area (Å²) in [6.45, 7) is 5.26. The number of ether oxygens (including phenoxy) is 1. The molecule has 0 aromatic heterocycles. The van der Waals surface area contributed by atoms with E-state index in [1.165, 1.54) is 32.4 Å². The SMILES string of the molecule is COCCN1CCC(CCN)CC1. The average molecular weight is 186 g/mol. The maximum Gasteiger partial charge on any atom is 0.0589 e. The summed E-state index contributed by atoms with van der Waals surface area (Å²) in [6, 6.07) is 0. The summed E-state index contributed by atoms with van der Waals surface area (Å²) in [5.41, 5.74) is 5.54. The Morgan fingerprint density at radius 1 is 1.38 bits per heavy atom. The lowest BCUT2D eigenvalue weighted by atomic mass is 9.94. The minimum atomic E-state index is 0.850. The smallest absolute Gasteiger partial charge is 0.0589 e. The molecule has 0 amide bonds. The van der Waals surface area contributed by atoms with Crippen LogP contribution in [0.1, 0.15) is 19.3 Å². The minimum absolute atomic E-state index is 0.850. The van der Waals surface area contributed by atoms with Crippen LogP contribution in [0.4, 0.5) is 0 Å². The molecule has 0 spiro atoms. The van der Waals surface area contributed by atoms with Gasteiger partial charge in [0.1, 0.15) is 0 Å². The van der Waals surface area contributed by atoms with E-state index in [0.717, 1.165) is 25.6 Å². The van der Waals surface area contributed by atoms with E-state index in [2.05, 4.69) is 4.90 Å². The second-order valence-electron chi connectivity index (χ2n) is 3.86. The Kier molecular flexibility index (Phi) is 5.35. The van der Waals surface area contributed by atoms with Gasteiger partial charge < -0.3 is 15.4 Å². The largest absolute Gasteiger partial charge is 0.383 e. The van der Waals surface area contributed by atoms with Crippen LogP contribution in [0.25, 0.3) is 0 Å². The van der Waals surface area contributed by atoms with E-state index in [9.17, 15) is 0 Å². The summed E-state index contributed by atoms with van der Waals surface area (Å²) in [6.07, 6.45) is 3.85. The fourth-order valence-electron chi connectivity index (χ4n) is 1.95. The van der Waals surface area contributed by atoms with E-state index in [1.807, 2.05) is 0 Å². The van der Waals surface area contributed by atoms with E-state index < -0.39 is 0 Å². The fraction of sp³-hybridized carbons (Fsp3) is 1.00. The van der Waals surface area contributed by atoms with E-state index in [0.29, 0.717) is 0 Å². The quantitative estimate of drug-likeness (QED) is 0.686. The number of piperidine rings is 1. The Balaban J connectivity index is 2.08. The molecule has 3 nitrogen and oxygen atoms in total. The number of nitrogens with zero attached hydrogens (tertiary/aromatic N) is 1. The molecule has 2 N–H and O–H groups in total. The van der Waals surface area contributed by atoms with Crippen molar-refractivity contribution in [3.05, 3.63) is 0 Å². The highest BCUT2D eigenvalue weighted by molar-refractivity contribution is 4.72. The molecule has 1 fully saturated rings. The Morgan fingerprint density at radius 3 is 2.62 bits per heavy atom. The van der Waals surface area contributed by atoms with Crippen molar-refractivity contribution in [2.45, 2.75) is 19.3 Å². The standard InChI is InChI=1S/C10H22N2O/c1-13-9-8-12-6-3-10(2-5-11)4-7-12/h10H,2-9,11H2,1H3. The van der Waals surface area contributed by atoms with Gasteiger partial charge >= 0.3 is 0 Å². The number of rotatable bonds is 5. The van der Waals surface area contributed by atoms with Gasteiger partial charge in [0, 0.05) is 13.7 Å². The summed E-state index contributed by atoms with van der Waals surface area (Å²) in [5.74, 6) is 0.879. The maximum absolute atomic E-state index is 5.54. The minimum Gasteiger partial charge on any atom is -0.383 e. The third kappa shape index (κ3) is 4.07. The number of methoxy groups -OCH3 is 1. The van der Waals surface area contributed by atoms with Crippen molar-refractivity contribution in [3.63, 3.8) is 0 Å². The van der Waals surface area contributed by atoms with Crippen LogP contribution in [0.15, 0.2) is 0 Å². The van der Waals surface area contributed by atoms with E-state index in [4.69, 9.17) is 10.5 Å². The van der Waals surface area contributed by atoms with Gasteiger partial charge in [0.15, 0.2) is 0 Å². The van der Waals surface area contributed by atoms with Crippen molar-refractivity contribution in [3.8, 4) is 0 Å². The molecule has 13 heavy (non-hydrogen) atoms. The van der Waals surface area contributed by atoms with Gasteiger partial charge in [0.05, 0.1) is 6.61 Å². The zero-order valence-electron chi connectivity index (χ0n) is 8.67. The van der Waals surface area contributed by atoms with E-state index in [1.54, 1.807) is 7.11 Å². The summed E-state index contributed by atoms with van der Waals surface area (Å²) >= 11 is 0. The molecule has 1 aliphatic rings. The lowest BCUT2D eigenvalue weighted by Crippen LogP contribution is -2.36. The van der Waals surface area contributed by atoms with Crippen molar-refractivity contribution in [1.29, 1.82) is 0 Å². The van der Waals surface area contributed by atoms with Crippen LogP contribution < -0.4 is 5.73 Å². The molecule has 0 aromatic rings. The first-order chi connectivity index (χ1) is 6.36. The maximum atomic E-state index is 5.54. The number of hydrogen-bond donors (Lipinski definition) is 1. The predicted molar refractivity (Wildman–Crippen MR) is 54.7 cm³/mol. The van der Waals surface area contributed by atoms with Crippen LogP contribution in [0, 0.1) is 5.92 Å². The zero-order chi connectivity index (χ0) is 9.52. The normalized spacial score (nSPS) is 20.8. The van der Waals surface area contributed by atoms with Gasteiger partial charge in [-0.2, -0.15) is 0 Å². The van der Waals surface area contributed by atoms with Crippen molar-refractivity contribution in [1.82, 2.24) is 4.90 Å². The van der Waals surface area contributed by atoms with Crippen LogP contribution in [0.3, 0.4) is 0 Å². The number of likely N-dealkylation sites (tertiary alicyclic amines) is 1. The third-order valence-electron chi connectivity index (χ3n) is 2.89. The van der Waals surface area contributed by atoms with Crippen molar-refractivity contribution in [2.75, 3.05) is 39.9 Å². The van der Waals surface area contributed by atoms with Gasteiger partial charge in [-0.1, -0.05) is 0 Å². The first-order valence-electron chi connectivity index (χ1n) is 5.28. The molecule has 0 unspecified atom stereocenters. The molecule has 0 atom stereocenters. The van der Waals surface area contributed by atoms with E-state index >= 15 is 0 Å². The number of nitrogens with two attached hydrogens (primary N) is 1. The van der Waals surface area contributed by atoms with Crippen molar-refractivity contribution in [2.24, 2.45) is 11.7 Å². The lowest BCUT2D eigenvalue weighted by Gasteiger charge is -2.31. The van der Waals surface area contributed by atoms with Crippen LogP contribution in [0.2, 0.25) is 0 Å². The molecule has 0 aliphatic carbocycles. The van der Waals surface area contributed by atoms with Crippen LogP contribution in [-0.4, -0.2) is 44.8 Å². The van der Waals surface area contributed by atoms with Crippen molar-refractivity contribution < 1.29 is 4.74 Å². The molecule has 3 heteroatoms. The first-order valence-corrected chi connectivity index (χ1v) is 5.28. The van der Waals surface area contributed by atoms with Gasteiger partial charge in [-0.25, -0.2) is 0 Å². The van der Waals surface area contributed by atoms with E-state index in [-0.39, 0.29) is 0 Å². The summed E-state index contributed by atoms with van der Waals surface area (Å²) in [7, 11) is 1.77. The predicted octanol–water partition coefficient (Wildman–Crippen LogP) is 0.694. The van der Waals surface area contributed by atoms with Gasteiger partial charge in [0.2, 0.25) is 0 Å². The zero-order valence-corrected chi connectivity index (χ0v) is 8.67. The summed E-state index contributed by atoms with van der Waals surface area (Å²) in [4.78, 5) is 2.48. The second kappa shape index (κ2) is 6.35. The van der Waals surface area contributed by atoms with Crippen molar-refractivity contribution >= 4 is 0 Å². The molecular formula is C10H22N2O. The highest BCUT2D eigenvalue weighted by Gasteiger charge is 2.17. The van der Waals surface area contributed by atoms with Crippen LogP contribution >= 0.6 is 0 Å². The summed E-state index contributed by atoms with van der Waals surface area (Å²) < 4.78 is 5.06. The van der Waals surface area contributed by atoms with Crippen LogP contribution in [-0.2, 0) is 4.74 Å². The Morgan fingerprint density at radius 2 is 2.08 bits per heavy atom. The Bertz CT molecular complexity index is 122. The second-order valence-corrected chi connectivity index (χ2v) is 3.86. The topological polar surface area (TPSA) is 38.5 Å². The summed E-state index contributed by atoms with van der Waals surface area (Å²) in [5, 5.41) is 0. The van der Waals surface area contributed by atoms with Gasteiger partial charge in [-0.3, -0.25) is 0 Å². The Hall–Kier alpha value is -0.120. The molecule has 1 heterocycles. The van der Waals surface area contributed by atoms with Gasteiger partial charge in [-0.05, 0) is 44.8 Å². The molecule has 0 aromatic carbocycles. The highest BCUT2D eigenvalue weighted by atomic mass is 16.5. The lowest BCUT2D eigenvalue weighted by molar-refractivity contribution is 0.119. The molecule has 78 valence electrons. The first kappa shape index (κ1) is 11.0. The molecule has 0 saturated carbocycles. The molecule has 1 saturated heterocycles. The van der Waals surface area contributed by atoms with Crippen LogP contribution in [0.5, 0.6) is 0 Å². The van der Waals surface area contributed by atoms with Gasteiger partial charge in [0.25, 0.3) is 0 Å². The molecule has 0 bridgehead atoms. The molecule has 0 radical (unpaired) electrons. The Labute approximate surface area is 81.2 Å². The molecule has 1 aliphatic heterocycles. The fourth-order valence-corrected chi connectivity index (χ4v) is 1.95. The molecule has 1 rings (SSSR count). The average Bonchev–Trinajstić information content (AvgIpc) is 2.17. The monoisotopic (exact) mass is 186 g/mol. The number of hydrogen-bond acceptors (Lipinski definition) is 3. The third-order valence-corrected chi connectivity index (χ3v) is 2.89. The van der Waals surface area contributed by atoms with Gasteiger partial charge in [-0.15, -0.1) is 0 Å².